The Hall–Kier alpha value is -9.40. The Balaban J connectivity index is 1.33. The molecule has 0 fully saturated rings. The van der Waals surface area contributed by atoms with Gasteiger partial charge in [0.15, 0.2) is 0 Å². The summed E-state index contributed by atoms with van der Waals surface area (Å²) >= 11 is 0. The first-order valence-corrected chi connectivity index (χ1v) is 19.9. The van der Waals surface area contributed by atoms with Crippen molar-refractivity contribution < 1.29 is 13.2 Å². The second kappa shape index (κ2) is 14.9. The van der Waals surface area contributed by atoms with Gasteiger partial charge in [-0.1, -0.05) is 84.9 Å². The van der Waals surface area contributed by atoms with Crippen molar-refractivity contribution in [3.05, 3.63) is 191 Å². The molecule has 0 N–H and O–H groups in total. The number of alkyl halides is 3. The van der Waals surface area contributed by atoms with Crippen molar-refractivity contribution in [1.82, 2.24) is 9.13 Å². The summed E-state index contributed by atoms with van der Waals surface area (Å²) in [6.07, 6.45) is -4.89. The topological polar surface area (TPSA) is 129 Å². The number of halogens is 3. The molecule has 0 aliphatic carbocycles. The first-order chi connectivity index (χ1) is 31.1. The second-order valence-electron chi connectivity index (χ2n) is 15.2. The molecule has 64 heavy (non-hydrogen) atoms. The van der Waals surface area contributed by atoms with E-state index in [0.29, 0.717) is 82.9 Å². The van der Waals surface area contributed by atoms with Gasteiger partial charge in [-0.25, -0.2) is 0 Å². The highest BCUT2D eigenvalue weighted by Gasteiger charge is 2.37. The molecule has 7 nitrogen and oxygen atoms in total. The van der Waals surface area contributed by atoms with E-state index >= 15 is 13.2 Å². The molecule has 298 valence electrons. The van der Waals surface area contributed by atoms with Crippen LogP contribution in [0.2, 0.25) is 0 Å². The van der Waals surface area contributed by atoms with Crippen molar-refractivity contribution in [2.45, 2.75) is 6.18 Å². The maximum Gasteiger partial charge on any atom is 0.418 e. The van der Waals surface area contributed by atoms with Gasteiger partial charge in [-0.3, -0.25) is 0 Å². The van der Waals surface area contributed by atoms with Crippen LogP contribution in [0.1, 0.15) is 33.4 Å². The summed E-state index contributed by atoms with van der Waals surface area (Å²) in [5.41, 5.74) is 5.95. The molecule has 0 aliphatic rings. The average Bonchev–Trinajstić information content (AvgIpc) is 3.84. The lowest BCUT2D eigenvalue weighted by molar-refractivity contribution is -0.137. The number of para-hydroxylation sites is 2. The van der Waals surface area contributed by atoms with Crippen LogP contribution in [0.5, 0.6) is 0 Å². The fraction of sp³-hybridized carbons (Fsp3) is 0.0185. The highest BCUT2D eigenvalue weighted by atomic mass is 19.4. The Morgan fingerprint density at radius 2 is 0.828 bits per heavy atom. The minimum absolute atomic E-state index is 0.157. The van der Waals surface area contributed by atoms with E-state index in [-0.39, 0.29) is 22.5 Å². The summed E-state index contributed by atoms with van der Waals surface area (Å²) < 4.78 is 51.7. The lowest BCUT2D eigenvalue weighted by Crippen LogP contribution is -2.13. The average molecular weight is 830 g/mol. The lowest BCUT2D eigenvalue weighted by Gasteiger charge is -2.22. The Morgan fingerprint density at radius 3 is 1.33 bits per heavy atom. The van der Waals surface area contributed by atoms with Crippen LogP contribution < -0.4 is 0 Å². The van der Waals surface area contributed by atoms with Crippen LogP contribution in [-0.2, 0) is 6.18 Å². The monoisotopic (exact) mass is 829 g/mol. The predicted octanol–water partition coefficient (Wildman–Crippen LogP) is 13.3. The van der Waals surface area contributed by atoms with E-state index in [9.17, 15) is 26.3 Å². The van der Waals surface area contributed by atoms with Gasteiger partial charge >= 0.3 is 6.18 Å². The molecule has 0 bridgehead atoms. The summed E-state index contributed by atoms with van der Waals surface area (Å²) in [6.45, 7) is 0. The zero-order valence-electron chi connectivity index (χ0n) is 33.3. The molecule has 0 saturated carbocycles. The standard InChI is InChI=1S/C54H26F3N7/c55-54(56,57)47-26-52(63-48-10-3-1-8-42(48)44-18-14-36(23-50(44)63)40-16-12-33(28-59)21-38(40)30-61)46(35-7-5-6-32(20-35)27-58)25-53(47)64-49-11-4-2-9-43(49)45-19-15-37(24-51(45)64)41-17-13-34(29-60)22-39(41)31-62/h1-26H. The Labute approximate surface area is 363 Å². The number of fused-ring (bicyclic) bond motifs is 6. The van der Waals surface area contributed by atoms with E-state index in [1.807, 2.05) is 66.7 Å². The summed E-state index contributed by atoms with van der Waals surface area (Å²) in [4.78, 5) is 0. The minimum Gasteiger partial charge on any atom is -0.309 e. The van der Waals surface area contributed by atoms with Crippen molar-refractivity contribution in [2.75, 3.05) is 0 Å². The summed E-state index contributed by atoms with van der Waals surface area (Å²) in [5, 5.41) is 52.2. The molecule has 10 aromatic rings. The molecule has 0 aliphatic heterocycles. The third-order valence-electron chi connectivity index (χ3n) is 11.7. The molecule has 0 atom stereocenters. The van der Waals surface area contributed by atoms with E-state index < -0.39 is 11.7 Å². The van der Waals surface area contributed by atoms with Gasteiger partial charge in [-0.05, 0) is 101 Å². The number of rotatable bonds is 5. The van der Waals surface area contributed by atoms with E-state index in [0.717, 1.165) is 10.8 Å². The Morgan fingerprint density at radius 1 is 0.359 bits per heavy atom. The van der Waals surface area contributed by atoms with Gasteiger partial charge in [0.1, 0.15) is 0 Å². The first kappa shape index (κ1) is 38.8. The van der Waals surface area contributed by atoms with Crippen molar-refractivity contribution in [2.24, 2.45) is 0 Å². The van der Waals surface area contributed by atoms with Crippen molar-refractivity contribution in [3.63, 3.8) is 0 Å². The molecular formula is C54H26F3N7. The van der Waals surface area contributed by atoms with Crippen molar-refractivity contribution >= 4 is 43.6 Å². The van der Waals surface area contributed by atoms with Crippen LogP contribution in [0.4, 0.5) is 13.2 Å². The molecule has 2 heterocycles. The number of nitrogens with zero attached hydrogens (tertiary/aromatic N) is 7. The number of nitriles is 5. The van der Waals surface area contributed by atoms with Gasteiger partial charge in [-0.15, -0.1) is 0 Å². The summed E-state index contributed by atoms with van der Waals surface area (Å²) in [5.74, 6) is 0. The van der Waals surface area contributed by atoms with Gasteiger partial charge in [0.2, 0.25) is 0 Å². The van der Waals surface area contributed by atoms with Crippen molar-refractivity contribution in [1.29, 1.82) is 26.3 Å². The predicted molar refractivity (Wildman–Crippen MR) is 240 cm³/mol. The van der Waals surface area contributed by atoms with E-state index in [4.69, 9.17) is 0 Å². The van der Waals surface area contributed by atoms with Gasteiger partial charge in [0.05, 0.1) is 97.2 Å². The molecular weight excluding hydrogens is 804 g/mol. The molecule has 0 unspecified atom stereocenters. The number of benzene rings is 8. The number of hydrogen-bond donors (Lipinski definition) is 0. The smallest absolute Gasteiger partial charge is 0.309 e. The maximum absolute atomic E-state index is 16.1. The highest BCUT2D eigenvalue weighted by molar-refractivity contribution is 6.12. The van der Waals surface area contributed by atoms with Crippen LogP contribution >= 0.6 is 0 Å². The fourth-order valence-corrected chi connectivity index (χ4v) is 8.87. The normalized spacial score (nSPS) is 11.3. The van der Waals surface area contributed by atoms with E-state index in [1.54, 1.807) is 75.9 Å². The third-order valence-corrected chi connectivity index (χ3v) is 11.7. The third kappa shape index (κ3) is 6.17. The maximum atomic E-state index is 16.1. The quantitative estimate of drug-likeness (QED) is 0.171. The molecule has 2 aromatic heterocycles. The Kier molecular flexibility index (Phi) is 9.06. The van der Waals surface area contributed by atoms with E-state index in [2.05, 4.69) is 30.3 Å². The number of aromatic nitrogens is 2. The highest BCUT2D eigenvalue weighted by Crippen LogP contribution is 2.46. The fourth-order valence-electron chi connectivity index (χ4n) is 8.87. The number of hydrogen-bond acceptors (Lipinski definition) is 5. The molecule has 0 radical (unpaired) electrons. The SMILES string of the molecule is N#Cc1cccc(-c2cc(-n3c4ccccc4c4ccc(-c5ccc(C#N)cc5C#N)cc43)c(C(F)(F)F)cc2-n2c3ccccc3c3ccc(-c4ccc(C#N)cc4C#N)cc32)c1. The van der Waals surface area contributed by atoms with Gasteiger partial charge in [0.25, 0.3) is 0 Å². The van der Waals surface area contributed by atoms with E-state index in [1.165, 1.54) is 24.3 Å². The zero-order chi connectivity index (χ0) is 44.3. The van der Waals surface area contributed by atoms with Gasteiger partial charge < -0.3 is 9.13 Å². The minimum atomic E-state index is -4.89. The largest absolute Gasteiger partial charge is 0.418 e. The van der Waals surface area contributed by atoms with Crippen molar-refractivity contribution in [3.8, 4) is 75.1 Å². The van der Waals surface area contributed by atoms with Crippen LogP contribution in [0.25, 0.3) is 88.4 Å². The molecule has 8 aromatic carbocycles. The lowest BCUT2D eigenvalue weighted by atomic mass is 9.96. The first-order valence-electron chi connectivity index (χ1n) is 19.9. The molecule has 0 spiro atoms. The molecule has 10 rings (SSSR count). The van der Waals surface area contributed by atoms with Gasteiger partial charge in [-0.2, -0.15) is 39.5 Å². The van der Waals surface area contributed by atoms with Crippen LogP contribution in [0.3, 0.4) is 0 Å². The van der Waals surface area contributed by atoms with Gasteiger partial charge in [0, 0.05) is 27.1 Å². The molecule has 0 amide bonds. The summed E-state index contributed by atoms with van der Waals surface area (Å²) in [7, 11) is 0. The second-order valence-corrected chi connectivity index (χ2v) is 15.2. The van der Waals surface area contributed by atoms with Crippen LogP contribution in [-0.4, -0.2) is 9.13 Å². The zero-order valence-corrected chi connectivity index (χ0v) is 33.3. The molecule has 0 saturated heterocycles. The molecule has 10 heteroatoms. The van der Waals surface area contributed by atoms with Crippen LogP contribution in [0, 0.1) is 56.7 Å². The Bertz CT molecular complexity index is 3850. The van der Waals surface area contributed by atoms with Crippen LogP contribution in [0.15, 0.2) is 158 Å². The summed E-state index contributed by atoms with van der Waals surface area (Å²) in [6, 6.07) is 55.4.